The number of epoxide rings is 1. The first-order valence-corrected chi connectivity index (χ1v) is 1.94. The van der Waals surface area contributed by atoms with Gasteiger partial charge in [0, 0.05) is 0 Å². The van der Waals surface area contributed by atoms with Crippen molar-refractivity contribution in [3.8, 4) is 0 Å². The monoisotopic (exact) mass is 88.0 g/mol. The predicted molar refractivity (Wildman–Crippen MR) is 18.7 cm³/mol. The molecule has 0 aromatic rings. The summed E-state index contributed by atoms with van der Waals surface area (Å²) in [5, 5.41) is 0. The Morgan fingerprint density at radius 3 is 1.60 bits per heavy atom. The fraction of sp³-hybridized carbons (Fsp3) is 1.00. The van der Waals surface area contributed by atoms with Crippen molar-refractivity contribution in [2.75, 3.05) is 13.2 Å². The van der Waals surface area contributed by atoms with Gasteiger partial charge >= 0.3 is 20.0 Å². The maximum atomic E-state index is 8.28. The van der Waals surface area contributed by atoms with Crippen molar-refractivity contribution >= 4 is 16.2 Å². The van der Waals surface area contributed by atoms with Gasteiger partial charge in [-0.3, -0.25) is 0 Å². The Balaban J connectivity index is 0.0000000733. The van der Waals surface area contributed by atoms with Gasteiger partial charge in [0.25, 0.3) is 0 Å². The molecule has 0 unspecified atom stereocenters. The summed E-state index contributed by atoms with van der Waals surface area (Å²) in [6.07, 6.45) is 0. The molecule has 0 spiro atoms. The van der Waals surface area contributed by atoms with Crippen LogP contribution in [0.5, 0.6) is 0 Å². The average Bonchev–Trinajstić information content (AvgIpc) is 2.19. The van der Waals surface area contributed by atoms with Crippen molar-refractivity contribution in [2.24, 2.45) is 0 Å². The van der Waals surface area contributed by atoms with Crippen molar-refractivity contribution in [3.63, 3.8) is 0 Å². The van der Waals surface area contributed by atoms with Crippen LogP contribution in [-0.2, 0) is 8.54 Å². The Hall–Kier alpha value is 0.292. The van der Waals surface area contributed by atoms with E-state index in [0.29, 0.717) is 16.2 Å². The van der Waals surface area contributed by atoms with Crippen LogP contribution in [0.15, 0.2) is 0 Å². The standard InChI is InChI=1S/C2H4O.Al.O.H/c1-2-3-1;;;/h1-2H2;;;. The molecule has 0 radical (unpaired) electrons. The summed E-state index contributed by atoms with van der Waals surface area (Å²) < 4.78 is 12.8. The first-order chi connectivity index (χ1) is 2.50. The van der Waals surface area contributed by atoms with Gasteiger partial charge in [0.05, 0.1) is 13.2 Å². The molecule has 0 atom stereocenters. The summed E-state index contributed by atoms with van der Waals surface area (Å²) in [6.45, 7) is 2.00. The van der Waals surface area contributed by atoms with E-state index >= 15 is 0 Å². The number of hydrogen-bond acceptors (Lipinski definition) is 2. The molecule has 1 aliphatic heterocycles. The molecule has 1 rings (SSSR count). The molecule has 3 heteroatoms. The van der Waals surface area contributed by atoms with Crippen LogP contribution in [0.3, 0.4) is 0 Å². The molecular weight excluding hydrogens is 83.0 g/mol. The Labute approximate surface area is 38.8 Å². The van der Waals surface area contributed by atoms with Gasteiger partial charge in [-0.15, -0.1) is 0 Å². The topological polar surface area (TPSA) is 29.6 Å². The van der Waals surface area contributed by atoms with Gasteiger partial charge in [-0.1, -0.05) is 0 Å². The Morgan fingerprint density at radius 2 is 1.60 bits per heavy atom. The van der Waals surface area contributed by atoms with E-state index in [1.165, 1.54) is 0 Å². The molecule has 5 heavy (non-hydrogen) atoms. The first-order valence-electron chi connectivity index (χ1n) is 1.37. The van der Waals surface area contributed by atoms with E-state index in [4.69, 9.17) is 3.80 Å². The van der Waals surface area contributed by atoms with Crippen molar-refractivity contribution in [1.82, 2.24) is 0 Å². The number of rotatable bonds is 0. The van der Waals surface area contributed by atoms with E-state index in [0.717, 1.165) is 13.2 Å². The van der Waals surface area contributed by atoms with Crippen molar-refractivity contribution in [1.29, 1.82) is 0 Å². The SMILES string of the molecule is C1CO1.[O]=[AlH]. The molecule has 28 valence electrons. The van der Waals surface area contributed by atoms with Crippen LogP contribution in [0.2, 0.25) is 0 Å². The van der Waals surface area contributed by atoms with Gasteiger partial charge in [0.15, 0.2) is 0 Å². The summed E-state index contributed by atoms with van der Waals surface area (Å²) in [5.74, 6) is 0. The molecule has 2 nitrogen and oxygen atoms in total. The van der Waals surface area contributed by atoms with Gasteiger partial charge in [-0.05, 0) is 0 Å². The third-order valence-corrected chi connectivity index (χ3v) is 0.204. The second-order valence-electron chi connectivity index (χ2n) is 0.612. The van der Waals surface area contributed by atoms with Crippen LogP contribution in [-0.4, -0.2) is 29.4 Å². The first kappa shape index (κ1) is 5.29. The number of ether oxygens (including phenoxy) is 1. The van der Waals surface area contributed by atoms with Crippen LogP contribution in [0.4, 0.5) is 0 Å². The summed E-state index contributed by atoms with van der Waals surface area (Å²) in [7, 11) is 0. The fourth-order valence-corrected chi connectivity index (χ4v) is 0. The fourth-order valence-electron chi connectivity index (χ4n) is 0. The van der Waals surface area contributed by atoms with Crippen LogP contribution < -0.4 is 0 Å². The van der Waals surface area contributed by atoms with E-state index in [1.54, 1.807) is 0 Å². The van der Waals surface area contributed by atoms with Crippen molar-refractivity contribution in [2.45, 2.75) is 0 Å². The summed E-state index contributed by atoms with van der Waals surface area (Å²) >= 11 is 0.611. The second-order valence-corrected chi connectivity index (χ2v) is 0.612. The van der Waals surface area contributed by atoms with E-state index in [9.17, 15) is 0 Å². The molecule has 0 aliphatic carbocycles. The minimum absolute atomic E-state index is 0.611. The molecule has 0 bridgehead atoms. The van der Waals surface area contributed by atoms with Gasteiger partial charge in [-0.25, -0.2) is 0 Å². The van der Waals surface area contributed by atoms with E-state index in [1.807, 2.05) is 0 Å². The molecule has 0 saturated carbocycles. The minimum atomic E-state index is 0.611. The van der Waals surface area contributed by atoms with Crippen LogP contribution in [0.25, 0.3) is 0 Å². The van der Waals surface area contributed by atoms with Gasteiger partial charge in [0.1, 0.15) is 0 Å². The Morgan fingerprint density at radius 1 is 1.40 bits per heavy atom. The molecule has 1 heterocycles. The van der Waals surface area contributed by atoms with Gasteiger partial charge in [-0.2, -0.15) is 0 Å². The zero-order chi connectivity index (χ0) is 4.12. The normalized spacial score (nSPS) is 15.0. The molecule has 1 fully saturated rings. The Kier molecular flexibility index (Phi) is 4.54. The zero-order valence-corrected chi connectivity index (χ0v) is 4.35. The van der Waals surface area contributed by atoms with E-state index in [2.05, 4.69) is 4.74 Å². The molecular formula is C2H5AlO2. The number of hydrogen-bond donors (Lipinski definition) is 0. The third kappa shape index (κ3) is 13.5. The molecule has 1 aliphatic rings. The van der Waals surface area contributed by atoms with E-state index in [-0.39, 0.29) is 0 Å². The van der Waals surface area contributed by atoms with Crippen molar-refractivity contribution < 1.29 is 8.54 Å². The summed E-state index contributed by atoms with van der Waals surface area (Å²) in [4.78, 5) is 0. The Bertz CT molecular complexity index is 18.9. The zero-order valence-electron chi connectivity index (χ0n) is 2.94. The third-order valence-electron chi connectivity index (χ3n) is 0.204. The molecule has 1 saturated heterocycles. The molecule has 0 amide bonds. The van der Waals surface area contributed by atoms with Crippen LogP contribution >= 0.6 is 0 Å². The molecule has 0 N–H and O–H groups in total. The molecule has 0 aromatic heterocycles. The maximum absolute atomic E-state index is 8.28. The quantitative estimate of drug-likeness (QED) is 0.288. The summed E-state index contributed by atoms with van der Waals surface area (Å²) in [5.41, 5.74) is 0. The van der Waals surface area contributed by atoms with Gasteiger partial charge < -0.3 is 4.74 Å². The average molecular weight is 88.0 g/mol. The van der Waals surface area contributed by atoms with Crippen LogP contribution in [0.1, 0.15) is 0 Å². The molecule has 0 aromatic carbocycles. The van der Waals surface area contributed by atoms with Crippen LogP contribution in [0, 0.1) is 0 Å². The van der Waals surface area contributed by atoms with Crippen molar-refractivity contribution in [3.05, 3.63) is 0 Å². The van der Waals surface area contributed by atoms with Gasteiger partial charge in [0.2, 0.25) is 0 Å². The van der Waals surface area contributed by atoms with E-state index < -0.39 is 0 Å². The predicted octanol–water partition coefficient (Wildman–Crippen LogP) is -0.751. The second kappa shape index (κ2) is 4.29. The summed E-state index contributed by atoms with van der Waals surface area (Å²) in [6, 6.07) is 0.